The lowest BCUT2D eigenvalue weighted by Crippen LogP contribution is -2.27. The largest absolute Gasteiger partial charge is 0.409 e. The molecular weight excluding hydrogens is 250 g/mol. The van der Waals surface area contributed by atoms with Crippen molar-refractivity contribution in [3.05, 3.63) is 28.8 Å². The molecule has 0 aliphatic rings. The summed E-state index contributed by atoms with van der Waals surface area (Å²) >= 11 is 6.14. The molecule has 0 aromatic heterocycles. The molecule has 0 spiro atoms. The Hall–Kier alpha value is -1.42. The molecule has 0 saturated heterocycles. The van der Waals surface area contributed by atoms with E-state index in [2.05, 4.69) is 30.8 Å². The second kappa shape index (κ2) is 6.50. The molecule has 100 valence electrons. The van der Waals surface area contributed by atoms with Crippen LogP contribution in [0.25, 0.3) is 0 Å². The van der Waals surface area contributed by atoms with Crippen molar-refractivity contribution < 1.29 is 5.21 Å². The van der Waals surface area contributed by atoms with Crippen molar-refractivity contribution >= 4 is 23.1 Å². The number of nitrogens with two attached hydrogens (primary N) is 1. The molecule has 0 bridgehead atoms. The van der Waals surface area contributed by atoms with Gasteiger partial charge in [0.05, 0.1) is 5.02 Å². The fraction of sp³-hybridized carbons (Fsp3) is 0.462. The van der Waals surface area contributed by atoms with Gasteiger partial charge in [-0.2, -0.15) is 0 Å². The first kappa shape index (κ1) is 14.6. The van der Waals surface area contributed by atoms with Crippen LogP contribution in [-0.4, -0.2) is 24.1 Å². The minimum atomic E-state index is 0.0264. The van der Waals surface area contributed by atoms with Crippen molar-refractivity contribution in [3.63, 3.8) is 0 Å². The van der Waals surface area contributed by atoms with Gasteiger partial charge in [0.1, 0.15) is 0 Å². The molecule has 0 fully saturated rings. The average Bonchev–Trinajstić information content (AvgIpc) is 2.34. The molecule has 0 saturated carbocycles. The lowest BCUT2D eigenvalue weighted by Gasteiger charge is -2.25. The summed E-state index contributed by atoms with van der Waals surface area (Å²) in [5.41, 5.74) is 7.13. The second-order valence-electron chi connectivity index (χ2n) is 4.58. The highest BCUT2D eigenvalue weighted by molar-refractivity contribution is 6.34. The summed E-state index contributed by atoms with van der Waals surface area (Å²) < 4.78 is 0. The highest BCUT2D eigenvalue weighted by atomic mass is 35.5. The monoisotopic (exact) mass is 269 g/mol. The van der Waals surface area contributed by atoms with Crippen LogP contribution in [0.1, 0.15) is 26.3 Å². The minimum absolute atomic E-state index is 0.0264. The van der Waals surface area contributed by atoms with E-state index in [0.717, 1.165) is 18.8 Å². The van der Waals surface area contributed by atoms with Crippen molar-refractivity contribution in [3.8, 4) is 0 Å². The zero-order chi connectivity index (χ0) is 13.7. The summed E-state index contributed by atoms with van der Waals surface area (Å²) in [6, 6.07) is 5.56. The van der Waals surface area contributed by atoms with Crippen molar-refractivity contribution in [1.29, 1.82) is 0 Å². The van der Waals surface area contributed by atoms with Crippen LogP contribution in [0, 0.1) is 5.92 Å². The Morgan fingerprint density at radius 1 is 1.50 bits per heavy atom. The zero-order valence-corrected chi connectivity index (χ0v) is 11.8. The molecule has 0 aliphatic carbocycles. The van der Waals surface area contributed by atoms with Gasteiger partial charge in [0.15, 0.2) is 5.84 Å². The summed E-state index contributed by atoms with van der Waals surface area (Å²) in [7, 11) is 0. The van der Waals surface area contributed by atoms with Gasteiger partial charge in [0, 0.05) is 24.3 Å². The molecule has 0 amide bonds. The van der Waals surface area contributed by atoms with Crippen LogP contribution in [0.2, 0.25) is 5.02 Å². The molecule has 3 N–H and O–H groups in total. The van der Waals surface area contributed by atoms with Crippen LogP contribution in [0.15, 0.2) is 23.4 Å². The number of halogens is 1. The number of nitrogens with zero attached hydrogens (tertiary/aromatic N) is 2. The Balaban J connectivity index is 3.02. The number of rotatable bonds is 5. The van der Waals surface area contributed by atoms with Gasteiger partial charge in [-0.25, -0.2) is 0 Å². The lowest BCUT2D eigenvalue weighted by atomic mass is 10.1. The third kappa shape index (κ3) is 3.53. The Morgan fingerprint density at radius 3 is 2.61 bits per heavy atom. The standard InChI is InChI=1S/C13H20ClN3O/c1-4-17(8-9(2)3)10-5-6-11(12(14)7-10)13(15)16-18/h5-7,9,18H,4,8H2,1-3H3,(H2,15,16). The summed E-state index contributed by atoms with van der Waals surface area (Å²) in [5, 5.41) is 12.1. The van der Waals surface area contributed by atoms with Gasteiger partial charge < -0.3 is 15.8 Å². The smallest absolute Gasteiger partial charge is 0.171 e. The van der Waals surface area contributed by atoms with Crippen LogP contribution >= 0.6 is 11.6 Å². The third-order valence-corrected chi connectivity index (χ3v) is 2.98. The van der Waals surface area contributed by atoms with E-state index in [4.69, 9.17) is 22.5 Å². The van der Waals surface area contributed by atoms with Gasteiger partial charge in [0.2, 0.25) is 0 Å². The molecule has 1 rings (SSSR count). The molecule has 5 heteroatoms. The normalized spacial score (nSPS) is 11.9. The molecule has 1 aromatic carbocycles. The molecule has 1 aromatic rings. The number of hydrogen-bond donors (Lipinski definition) is 2. The summed E-state index contributed by atoms with van der Waals surface area (Å²) in [6.45, 7) is 8.34. The van der Waals surface area contributed by atoms with Gasteiger partial charge in [0.25, 0.3) is 0 Å². The Bertz CT molecular complexity index is 432. The van der Waals surface area contributed by atoms with Crippen LogP contribution in [0.4, 0.5) is 5.69 Å². The highest BCUT2D eigenvalue weighted by Crippen LogP contribution is 2.24. The SMILES string of the molecule is CCN(CC(C)C)c1ccc(C(N)=NO)c(Cl)c1. The Morgan fingerprint density at radius 2 is 2.17 bits per heavy atom. The number of anilines is 1. The first-order valence-electron chi connectivity index (χ1n) is 6.02. The molecule has 4 nitrogen and oxygen atoms in total. The van der Waals surface area contributed by atoms with Gasteiger partial charge >= 0.3 is 0 Å². The summed E-state index contributed by atoms with van der Waals surface area (Å²) in [6.07, 6.45) is 0. The van der Waals surface area contributed by atoms with Crippen molar-refractivity contribution in [2.75, 3.05) is 18.0 Å². The van der Waals surface area contributed by atoms with Gasteiger partial charge in [-0.3, -0.25) is 0 Å². The third-order valence-electron chi connectivity index (χ3n) is 2.67. The van der Waals surface area contributed by atoms with Crippen molar-refractivity contribution in [1.82, 2.24) is 0 Å². The van der Waals surface area contributed by atoms with Gasteiger partial charge in [-0.15, -0.1) is 0 Å². The molecule has 0 aliphatic heterocycles. The predicted molar refractivity (Wildman–Crippen MR) is 76.7 cm³/mol. The van der Waals surface area contributed by atoms with E-state index in [1.165, 1.54) is 0 Å². The number of hydrogen-bond acceptors (Lipinski definition) is 3. The zero-order valence-electron chi connectivity index (χ0n) is 11.0. The fourth-order valence-corrected chi connectivity index (χ4v) is 2.09. The summed E-state index contributed by atoms with van der Waals surface area (Å²) in [4.78, 5) is 2.24. The van der Waals surface area contributed by atoms with E-state index in [1.807, 2.05) is 12.1 Å². The van der Waals surface area contributed by atoms with Crippen LogP contribution in [0.3, 0.4) is 0 Å². The number of benzene rings is 1. The maximum atomic E-state index is 8.65. The first-order chi connectivity index (χ1) is 8.49. The molecule has 0 atom stereocenters. The summed E-state index contributed by atoms with van der Waals surface area (Å²) in [5.74, 6) is 0.603. The van der Waals surface area contributed by atoms with E-state index in [-0.39, 0.29) is 5.84 Å². The van der Waals surface area contributed by atoms with E-state index in [0.29, 0.717) is 16.5 Å². The number of oxime groups is 1. The predicted octanol–water partition coefficient (Wildman–Crippen LogP) is 2.92. The van der Waals surface area contributed by atoms with Crippen molar-refractivity contribution in [2.45, 2.75) is 20.8 Å². The van der Waals surface area contributed by atoms with Gasteiger partial charge in [-0.05, 0) is 31.0 Å². The highest BCUT2D eigenvalue weighted by Gasteiger charge is 2.11. The minimum Gasteiger partial charge on any atom is -0.409 e. The maximum absolute atomic E-state index is 8.65. The molecular formula is C13H20ClN3O. The Kier molecular flexibility index (Phi) is 5.28. The van der Waals surface area contributed by atoms with E-state index in [1.54, 1.807) is 6.07 Å². The van der Waals surface area contributed by atoms with Gasteiger partial charge in [-0.1, -0.05) is 30.6 Å². The average molecular weight is 270 g/mol. The molecule has 0 heterocycles. The van der Waals surface area contributed by atoms with E-state index >= 15 is 0 Å². The fourth-order valence-electron chi connectivity index (χ4n) is 1.82. The molecule has 0 unspecified atom stereocenters. The van der Waals surface area contributed by atoms with Crippen LogP contribution < -0.4 is 10.6 Å². The second-order valence-corrected chi connectivity index (χ2v) is 4.99. The lowest BCUT2D eigenvalue weighted by molar-refractivity contribution is 0.318. The van der Waals surface area contributed by atoms with E-state index in [9.17, 15) is 0 Å². The Labute approximate surface area is 113 Å². The van der Waals surface area contributed by atoms with Crippen LogP contribution in [0.5, 0.6) is 0 Å². The number of amidine groups is 1. The quantitative estimate of drug-likeness (QED) is 0.374. The van der Waals surface area contributed by atoms with Crippen molar-refractivity contribution in [2.24, 2.45) is 16.8 Å². The molecule has 18 heavy (non-hydrogen) atoms. The van der Waals surface area contributed by atoms with E-state index < -0.39 is 0 Å². The van der Waals surface area contributed by atoms with Crippen LogP contribution in [-0.2, 0) is 0 Å². The maximum Gasteiger partial charge on any atom is 0.171 e. The molecule has 0 radical (unpaired) electrons. The topological polar surface area (TPSA) is 61.8 Å². The first-order valence-corrected chi connectivity index (χ1v) is 6.39.